The van der Waals surface area contributed by atoms with E-state index in [1.165, 1.54) is 28.0 Å². The zero-order valence-electron chi connectivity index (χ0n) is 16.9. The molecule has 0 spiro atoms. The van der Waals surface area contributed by atoms with Gasteiger partial charge in [0.15, 0.2) is 5.82 Å². The third-order valence-electron chi connectivity index (χ3n) is 4.69. The van der Waals surface area contributed by atoms with Crippen LogP contribution in [0.3, 0.4) is 0 Å². The number of aromatic nitrogens is 3. The molecule has 0 unspecified atom stereocenters. The number of fused-ring (bicyclic) bond motifs is 1. The summed E-state index contributed by atoms with van der Waals surface area (Å²) < 4.78 is 7.39. The zero-order valence-corrected chi connectivity index (χ0v) is 17.7. The van der Waals surface area contributed by atoms with Crippen LogP contribution < -0.4 is 14.8 Å². The van der Waals surface area contributed by atoms with E-state index in [0.29, 0.717) is 27.5 Å². The molecule has 0 fully saturated rings. The second-order valence-electron chi connectivity index (χ2n) is 6.98. The van der Waals surface area contributed by atoms with Crippen LogP contribution in [0.2, 0.25) is 0 Å². The average molecular weight is 436 g/mol. The van der Waals surface area contributed by atoms with Crippen molar-refractivity contribution in [2.45, 2.75) is 26.2 Å². The fourth-order valence-corrected chi connectivity index (χ4v) is 3.99. The van der Waals surface area contributed by atoms with Crippen molar-refractivity contribution >= 4 is 28.1 Å². The van der Waals surface area contributed by atoms with Crippen LogP contribution in [0.5, 0.6) is 5.75 Å². The topological polar surface area (TPSA) is 99.6 Å². The van der Waals surface area contributed by atoms with Crippen molar-refractivity contribution in [2.75, 3.05) is 6.61 Å². The fraction of sp³-hybridized carbons (Fsp3) is 0.227. The van der Waals surface area contributed by atoms with E-state index < -0.39 is 4.92 Å². The zero-order chi connectivity index (χ0) is 21.8. The van der Waals surface area contributed by atoms with Gasteiger partial charge in [-0.25, -0.2) is 0 Å². The summed E-state index contributed by atoms with van der Waals surface area (Å²) in [4.78, 5) is 28.1. The van der Waals surface area contributed by atoms with Crippen LogP contribution in [0.4, 0.5) is 5.69 Å². The Morgan fingerprint density at radius 2 is 2.00 bits per heavy atom. The summed E-state index contributed by atoms with van der Waals surface area (Å²) in [6.45, 7) is 2.84. The highest BCUT2D eigenvalue weighted by atomic mass is 32.1. The van der Waals surface area contributed by atoms with Crippen LogP contribution >= 0.6 is 11.3 Å². The summed E-state index contributed by atoms with van der Waals surface area (Å²) in [5, 5.41) is 15.3. The lowest BCUT2D eigenvalue weighted by Gasteiger charge is -2.05. The van der Waals surface area contributed by atoms with Gasteiger partial charge in [-0.15, -0.1) is 5.10 Å². The van der Waals surface area contributed by atoms with Crippen LogP contribution in [-0.4, -0.2) is 26.1 Å². The number of unbranched alkanes of at least 4 members (excludes halogenated alkanes) is 2. The maximum absolute atomic E-state index is 12.7. The first-order chi connectivity index (χ1) is 15.0. The Morgan fingerprint density at radius 1 is 1.19 bits per heavy atom. The quantitative estimate of drug-likeness (QED) is 0.236. The Bertz CT molecular complexity index is 1330. The Kier molecular flexibility index (Phi) is 6.03. The predicted octanol–water partition coefficient (Wildman–Crippen LogP) is 3.84. The molecule has 2 aromatic heterocycles. The minimum atomic E-state index is -0.466. The van der Waals surface area contributed by atoms with E-state index >= 15 is 0 Å². The van der Waals surface area contributed by atoms with Crippen molar-refractivity contribution in [3.05, 3.63) is 79.1 Å². The van der Waals surface area contributed by atoms with Gasteiger partial charge in [-0.1, -0.05) is 43.2 Å². The van der Waals surface area contributed by atoms with Crippen LogP contribution in [0, 0.1) is 10.1 Å². The standard InChI is InChI=1S/C22H20N4O4S/c1-2-3-4-12-30-18-10-8-16(9-11-18)20-23-22-25(24-20)21(27)19(31-22)14-15-6-5-7-17(13-15)26(28)29/h5-11,13-14H,2-4,12H2,1H3/b19-14-. The SMILES string of the molecule is CCCCCOc1ccc(-c2nc3s/c(=C\c4cccc([N+](=O)[O-])c4)c(=O)n3n2)cc1. The highest BCUT2D eigenvalue weighted by molar-refractivity contribution is 7.15. The number of hydrogen-bond donors (Lipinski definition) is 0. The molecular weight excluding hydrogens is 416 g/mol. The van der Waals surface area contributed by atoms with Gasteiger partial charge in [-0.3, -0.25) is 14.9 Å². The molecule has 4 rings (SSSR count). The third kappa shape index (κ3) is 4.61. The van der Waals surface area contributed by atoms with Gasteiger partial charge < -0.3 is 4.74 Å². The summed E-state index contributed by atoms with van der Waals surface area (Å²) in [7, 11) is 0. The summed E-state index contributed by atoms with van der Waals surface area (Å²) >= 11 is 1.19. The minimum Gasteiger partial charge on any atom is -0.494 e. The van der Waals surface area contributed by atoms with Crippen molar-refractivity contribution in [3.8, 4) is 17.1 Å². The Balaban J connectivity index is 1.57. The molecule has 2 aromatic carbocycles. The lowest BCUT2D eigenvalue weighted by molar-refractivity contribution is -0.384. The van der Waals surface area contributed by atoms with Crippen molar-refractivity contribution in [1.29, 1.82) is 0 Å². The largest absolute Gasteiger partial charge is 0.494 e. The molecule has 4 aromatic rings. The molecule has 0 aliphatic heterocycles. The number of ether oxygens (including phenoxy) is 1. The molecule has 158 valence electrons. The molecule has 0 saturated heterocycles. The molecule has 8 nitrogen and oxygen atoms in total. The molecule has 0 aliphatic rings. The van der Waals surface area contributed by atoms with Gasteiger partial charge in [0.25, 0.3) is 11.2 Å². The number of nitro benzene ring substituents is 1. The number of rotatable bonds is 8. The van der Waals surface area contributed by atoms with E-state index in [2.05, 4.69) is 17.0 Å². The summed E-state index contributed by atoms with van der Waals surface area (Å²) in [6.07, 6.45) is 4.93. The average Bonchev–Trinajstić information content (AvgIpc) is 3.31. The van der Waals surface area contributed by atoms with Gasteiger partial charge in [0.2, 0.25) is 4.96 Å². The number of benzene rings is 2. The van der Waals surface area contributed by atoms with Gasteiger partial charge >= 0.3 is 0 Å². The van der Waals surface area contributed by atoms with Crippen molar-refractivity contribution in [3.63, 3.8) is 0 Å². The maximum atomic E-state index is 12.7. The fourth-order valence-electron chi connectivity index (χ4n) is 3.08. The number of nitrogens with zero attached hydrogens (tertiary/aromatic N) is 4. The molecule has 2 heterocycles. The monoisotopic (exact) mass is 436 g/mol. The second-order valence-corrected chi connectivity index (χ2v) is 7.99. The highest BCUT2D eigenvalue weighted by Crippen LogP contribution is 2.21. The van der Waals surface area contributed by atoms with Crippen LogP contribution in [-0.2, 0) is 0 Å². The number of thiazole rings is 1. The Hall–Kier alpha value is -3.59. The molecular formula is C22H20N4O4S. The normalized spacial score (nSPS) is 11.8. The van der Waals surface area contributed by atoms with Gasteiger partial charge in [-0.05, 0) is 42.3 Å². The third-order valence-corrected chi connectivity index (χ3v) is 5.65. The first-order valence-corrected chi connectivity index (χ1v) is 10.8. The smallest absolute Gasteiger partial charge is 0.291 e. The van der Waals surface area contributed by atoms with Gasteiger partial charge in [0.1, 0.15) is 5.75 Å². The molecule has 0 saturated carbocycles. The van der Waals surface area contributed by atoms with Crippen LogP contribution in [0.1, 0.15) is 31.7 Å². The number of nitro groups is 1. The lowest BCUT2D eigenvalue weighted by Crippen LogP contribution is -2.23. The van der Waals surface area contributed by atoms with Crippen molar-refractivity contribution < 1.29 is 9.66 Å². The summed E-state index contributed by atoms with van der Waals surface area (Å²) in [5.74, 6) is 1.25. The molecule has 0 radical (unpaired) electrons. The van der Waals surface area contributed by atoms with Gasteiger partial charge in [-0.2, -0.15) is 9.50 Å². The Morgan fingerprint density at radius 3 is 2.71 bits per heavy atom. The predicted molar refractivity (Wildman–Crippen MR) is 119 cm³/mol. The molecule has 0 atom stereocenters. The molecule has 31 heavy (non-hydrogen) atoms. The molecule has 0 aliphatic carbocycles. The van der Waals surface area contributed by atoms with Crippen LogP contribution in [0.15, 0.2) is 53.3 Å². The number of hydrogen-bond acceptors (Lipinski definition) is 7. The van der Waals surface area contributed by atoms with E-state index in [1.54, 1.807) is 18.2 Å². The van der Waals surface area contributed by atoms with Crippen molar-refractivity contribution in [2.24, 2.45) is 0 Å². The molecule has 0 amide bonds. The van der Waals surface area contributed by atoms with E-state index in [-0.39, 0.29) is 11.2 Å². The number of non-ortho nitro benzene ring substituents is 1. The van der Waals surface area contributed by atoms with E-state index in [1.807, 2.05) is 24.3 Å². The summed E-state index contributed by atoms with van der Waals surface area (Å²) in [5.41, 5.74) is 1.04. The van der Waals surface area contributed by atoms with Gasteiger partial charge in [0, 0.05) is 17.7 Å². The van der Waals surface area contributed by atoms with Crippen molar-refractivity contribution in [1.82, 2.24) is 14.6 Å². The lowest BCUT2D eigenvalue weighted by atomic mass is 10.2. The van der Waals surface area contributed by atoms with E-state index in [0.717, 1.165) is 30.6 Å². The first kappa shape index (κ1) is 20.7. The maximum Gasteiger partial charge on any atom is 0.291 e. The van der Waals surface area contributed by atoms with Crippen LogP contribution in [0.25, 0.3) is 22.4 Å². The van der Waals surface area contributed by atoms with Gasteiger partial charge in [0.05, 0.1) is 16.1 Å². The molecule has 9 heteroatoms. The molecule has 0 bridgehead atoms. The highest BCUT2D eigenvalue weighted by Gasteiger charge is 2.12. The minimum absolute atomic E-state index is 0.0271. The van der Waals surface area contributed by atoms with E-state index in [4.69, 9.17) is 4.74 Å². The second kappa shape index (κ2) is 9.05. The Labute approximate surface area is 181 Å². The van der Waals surface area contributed by atoms with E-state index in [9.17, 15) is 14.9 Å². The summed E-state index contributed by atoms with van der Waals surface area (Å²) in [6, 6.07) is 13.6. The first-order valence-electron chi connectivity index (χ1n) is 9.94. The molecule has 0 N–H and O–H groups in total.